The molecule has 0 fully saturated rings. The van der Waals surface area contributed by atoms with Crippen LogP contribution in [-0.2, 0) is 14.9 Å². The maximum atomic E-state index is 11.7. The van der Waals surface area contributed by atoms with Crippen LogP contribution in [-0.4, -0.2) is 19.9 Å². The largest absolute Gasteiger partial charge is 0.287 e. The second-order valence-electron chi connectivity index (χ2n) is 3.23. The molecular formula is C9H12N2O5S. The Morgan fingerprint density at radius 2 is 2.12 bits per heavy atom. The van der Waals surface area contributed by atoms with Crippen molar-refractivity contribution < 1.29 is 18.2 Å². The van der Waals surface area contributed by atoms with Crippen LogP contribution in [0.25, 0.3) is 0 Å². The van der Waals surface area contributed by atoms with Gasteiger partial charge < -0.3 is 0 Å². The monoisotopic (exact) mass is 260 g/mol. The van der Waals surface area contributed by atoms with Crippen molar-refractivity contribution in [1.29, 1.82) is 0 Å². The van der Waals surface area contributed by atoms with Crippen LogP contribution in [0.15, 0.2) is 23.1 Å². The summed E-state index contributed by atoms with van der Waals surface area (Å²) in [4.78, 5) is 16.2. The molecule has 0 radical (unpaired) electrons. The zero-order chi connectivity index (χ0) is 13.1. The Morgan fingerprint density at radius 1 is 1.47 bits per heavy atom. The number of benzene rings is 1. The molecule has 8 heteroatoms. The summed E-state index contributed by atoms with van der Waals surface area (Å²) < 4.78 is 23.5. The molecule has 0 amide bonds. The van der Waals surface area contributed by atoms with Gasteiger partial charge in [-0.15, -0.1) is 0 Å². The fraction of sp³-hybridized carbons (Fsp3) is 0.333. The molecular weight excluding hydrogens is 248 g/mol. The molecule has 0 saturated heterocycles. The third kappa shape index (κ3) is 3.22. The van der Waals surface area contributed by atoms with E-state index in [4.69, 9.17) is 0 Å². The summed E-state index contributed by atoms with van der Waals surface area (Å²) >= 11 is 0. The highest BCUT2D eigenvalue weighted by Gasteiger charge is 2.20. The van der Waals surface area contributed by atoms with Crippen molar-refractivity contribution in [3.05, 3.63) is 33.9 Å². The van der Waals surface area contributed by atoms with E-state index in [1.807, 2.05) is 4.89 Å². The fourth-order valence-electron chi connectivity index (χ4n) is 1.17. The lowest BCUT2D eigenvalue weighted by atomic mass is 10.2. The molecule has 0 spiro atoms. The van der Waals surface area contributed by atoms with E-state index in [9.17, 15) is 18.5 Å². The molecule has 0 heterocycles. The van der Waals surface area contributed by atoms with Gasteiger partial charge in [0.1, 0.15) is 0 Å². The van der Waals surface area contributed by atoms with Gasteiger partial charge in [-0.25, -0.2) is 8.42 Å². The third-order valence-corrected chi connectivity index (χ3v) is 3.34. The first-order chi connectivity index (χ1) is 7.88. The van der Waals surface area contributed by atoms with Crippen LogP contribution in [0.1, 0.15) is 12.5 Å². The van der Waals surface area contributed by atoms with Crippen molar-refractivity contribution in [3.8, 4) is 0 Å². The van der Waals surface area contributed by atoms with Gasteiger partial charge in [0.25, 0.3) is 15.7 Å². The van der Waals surface area contributed by atoms with E-state index >= 15 is 0 Å². The number of hydrogen-bond acceptors (Lipinski definition) is 5. The predicted molar refractivity (Wildman–Crippen MR) is 59.8 cm³/mol. The van der Waals surface area contributed by atoms with Gasteiger partial charge in [0.2, 0.25) is 0 Å². The maximum absolute atomic E-state index is 11.7. The van der Waals surface area contributed by atoms with Gasteiger partial charge in [0, 0.05) is 12.1 Å². The SMILES string of the molecule is CCONS(=O)(=O)c1cc([N+](=O)[O-])ccc1C. The topological polar surface area (TPSA) is 98.5 Å². The van der Waals surface area contributed by atoms with E-state index in [-0.39, 0.29) is 17.2 Å². The number of nitrogens with zero attached hydrogens (tertiary/aromatic N) is 1. The van der Waals surface area contributed by atoms with Crippen molar-refractivity contribution in [2.75, 3.05) is 6.61 Å². The average molecular weight is 260 g/mol. The Morgan fingerprint density at radius 3 is 2.65 bits per heavy atom. The number of hydrogen-bond donors (Lipinski definition) is 1. The highest BCUT2D eigenvalue weighted by molar-refractivity contribution is 7.89. The molecule has 94 valence electrons. The van der Waals surface area contributed by atoms with Crippen molar-refractivity contribution in [3.63, 3.8) is 0 Å². The molecule has 0 aliphatic rings. The normalized spacial score (nSPS) is 11.4. The Hall–Kier alpha value is -1.51. The minimum atomic E-state index is -3.89. The number of non-ortho nitro benzene ring substituents is 1. The second-order valence-corrected chi connectivity index (χ2v) is 4.84. The quantitative estimate of drug-likeness (QED) is 0.632. The van der Waals surface area contributed by atoms with Crippen LogP contribution in [0.4, 0.5) is 5.69 Å². The molecule has 0 bridgehead atoms. The number of aryl methyl sites for hydroxylation is 1. The smallest absolute Gasteiger partial charge is 0.270 e. The number of nitro benzene ring substituents is 1. The van der Waals surface area contributed by atoms with Gasteiger partial charge in [-0.3, -0.25) is 15.0 Å². The molecule has 1 aromatic rings. The van der Waals surface area contributed by atoms with E-state index < -0.39 is 14.9 Å². The molecule has 0 aliphatic heterocycles. The molecule has 1 aromatic carbocycles. The summed E-state index contributed by atoms with van der Waals surface area (Å²) in [5, 5.41) is 10.6. The Balaban J connectivity index is 3.20. The van der Waals surface area contributed by atoms with Crippen molar-refractivity contribution in [2.45, 2.75) is 18.7 Å². The van der Waals surface area contributed by atoms with Crippen molar-refractivity contribution >= 4 is 15.7 Å². The van der Waals surface area contributed by atoms with Crippen LogP contribution in [0.5, 0.6) is 0 Å². The highest BCUT2D eigenvalue weighted by Crippen LogP contribution is 2.21. The first kappa shape index (κ1) is 13.6. The minimum absolute atomic E-state index is 0.160. The number of nitro groups is 1. The standard InChI is InChI=1S/C9H12N2O5S/c1-3-16-10-17(14,15)9-6-8(11(12)13)5-4-7(9)2/h4-6,10H,3H2,1-2H3. The lowest BCUT2D eigenvalue weighted by molar-refractivity contribution is -0.385. The van der Waals surface area contributed by atoms with Crippen molar-refractivity contribution in [2.24, 2.45) is 0 Å². The van der Waals surface area contributed by atoms with Crippen LogP contribution in [0.2, 0.25) is 0 Å². The average Bonchev–Trinajstić information content (AvgIpc) is 2.26. The van der Waals surface area contributed by atoms with E-state index in [1.54, 1.807) is 13.8 Å². The summed E-state index contributed by atoms with van der Waals surface area (Å²) in [6.45, 7) is 3.32. The van der Waals surface area contributed by atoms with Gasteiger partial charge in [0.05, 0.1) is 16.4 Å². The lowest BCUT2D eigenvalue weighted by Crippen LogP contribution is -2.24. The molecule has 0 aliphatic carbocycles. The number of rotatable bonds is 5. The maximum Gasteiger partial charge on any atom is 0.270 e. The summed E-state index contributed by atoms with van der Waals surface area (Å²) in [5.41, 5.74) is 0.121. The molecule has 0 unspecified atom stereocenters. The van der Waals surface area contributed by atoms with Gasteiger partial charge in [-0.2, -0.15) is 0 Å². The lowest BCUT2D eigenvalue weighted by Gasteiger charge is -2.07. The molecule has 7 nitrogen and oxygen atoms in total. The molecule has 1 N–H and O–H groups in total. The van der Waals surface area contributed by atoms with Gasteiger partial charge >= 0.3 is 0 Å². The van der Waals surface area contributed by atoms with Crippen LogP contribution in [0.3, 0.4) is 0 Å². The third-order valence-electron chi connectivity index (χ3n) is 1.99. The second kappa shape index (κ2) is 5.21. The molecule has 0 aromatic heterocycles. The van der Waals surface area contributed by atoms with Crippen molar-refractivity contribution in [1.82, 2.24) is 4.89 Å². The highest BCUT2D eigenvalue weighted by atomic mass is 32.2. The van der Waals surface area contributed by atoms with Crippen LogP contribution in [0, 0.1) is 17.0 Å². The Kier molecular flexibility index (Phi) is 4.16. The van der Waals surface area contributed by atoms with E-state index in [1.165, 1.54) is 12.1 Å². The molecule has 1 rings (SSSR count). The van der Waals surface area contributed by atoms with Gasteiger partial charge in [0.15, 0.2) is 0 Å². The summed E-state index contributed by atoms with van der Waals surface area (Å²) in [6.07, 6.45) is 0. The summed E-state index contributed by atoms with van der Waals surface area (Å²) in [7, 11) is -3.89. The Bertz CT molecular complexity index is 526. The number of nitrogens with one attached hydrogen (secondary N) is 1. The zero-order valence-corrected chi connectivity index (χ0v) is 10.2. The number of sulfonamides is 1. The summed E-state index contributed by atoms with van der Waals surface area (Å²) in [5.74, 6) is 0. The fourth-order valence-corrected chi connectivity index (χ4v) is 2.30. The first-order valence-corrected chi connectivity index (χ1v) is 6.25. The van der Waals surface area contributed by atoms with Gasteiger partial charge in [-0.1, -0.05) is 11.0 Å². The predicted octanol–water partition coefficient (Wildman–Crippen LogP) is 1.13. The van der Waals surface area contributed by atoms with Crippen LogP contribution >= 0.6 is 0 Å². The van der Waals surface area contributed by atoms with E-state index in [2.05, 4.69) is 4.84 Å². The van der Waals surface area contributed by atoms with Crippen LogP contribution < -0.4 is 4.89 Å². The Labute approximate surface area is 98.6 Å². The zero-order valence-electron chi connectivity index (χ0n) is 9.34. The van der Waals surface area contributed by atoms with E-state index in [0.29, 0.717) is 5.56 Å². The first-order valence-electron chi connectivity index (χ1n) is 4.77. The van der Waals surface area contributed by atoms with E-state index in [0.717, 1.165) is 6.07 Å². The molecule has 17 heavy (non-hydrogen) atoms. The molecule has 0 saturated carbocycles. The molecule has 0 atom stereocenters. The minimum Gasteiger partial charge on any atom is -0.287 e. The summed E-state index contributed by atoms with van der Waals surface area (Å²) in [6, 6.07) is 3.62. The van der Waals surface area contributed by atoms with Gasteiger partial charge in [-0.05, 0) is 19.4 Å².